The summed E-state index contributed by atoms with van der Waals surface area (Å²) in [4.78, 5) is 0. The van der Waals surface area contributed by atoms with Crippen LogP contribution in [0, 0.1) is 0 Å². The summed E-state index contributed by atoms with van der Waals surface area (Å²) in [5.41, 5.74) is 0. The second-order valence-corrected chi connectivity index (χ2v) is 11.5. The molecule has 108 valence electrons. The van der Waals surface area contributed by atoms with Crippen LogP contribution in [0.4, 0.5) is 0 Å². The van der Waals surface area contributed by atoms with E-state index in [1.54, 1.807) is 0 Å². The van der Waals surface area contributed by atoms with Crippen LogP contribution in [-0.4, -0.2) is 20.2 Å². The van der Waals surface area contributed by atoms with Gasteiger partial charge in [-0.2, -0.15) is 0 Å². The maximum atomic E-state index is 11.9. The van der Waals surface area contributed by atoms with Crippen LogP contribution in [0.2, 0.25) is 8.87 Å². The van der Waals surface area contributed by atoms with Crippen molar-refractivity contribution in [2.75, 3.05) is 0 Å². The third-order valence-electron chi connectivity index (χ3n) is 3.62. The third kappa shape index (κ3) is 14.8. The monoisotopic (exact) mass is 362 g/mol. The van der Waals surface area contributed by atoms with Crippen molar-refractivity contribution in [3.05, 3.63) is 0 Å². The second-order valence-electron chi connectivity index (χ2n) is 5.57. The quantitative estimate of drug-likeness (QED) is 0.313. The first-order chi connectivity index (χ1) is 8.81. The van der Waals surface area contributed by atoms with Crippen LogP contribution < -0.4 is 3.44 Å². The van der Waals surface area contributed by atoms with Crippen molar-refractivity contribution < 1.29 is 3.44 Å². The van der Waals surface area contributed by atoms with Crippen LogP contribution in [0.3, 0.4) is 0 Å². The van der Waals surface area contributed by atoms with Gasteiger partial charge in [0.25, 0.3) is 0 Å². The molecule has 0 aromatic rings. The van der Waals surface area contributed by atoms with Gasteiger partial charge in [-0.1, -0.05) is 0 Å². The van der Waals surface area contributed by atoms with E-state index in [4.69, 9.17) is 0 Å². The standard InChI is InChI=1S/2C8H17.O.Sn/c2*1-3-5-7-8-6-4-2;;/h2*1,3-8H2,2H3;;/q;;-1;+1. The van der Waals surface area contributed by atoms with Crippen molar-refractivity contribution in [2.24, 2.45) is 0 Å². The molecule has 2 heteroatoms. The molecule has 18 heavy (non-hydrogen) atoms. The van der Waals surface area contributed by atoms with Gasteiger partial charge in [0.05, 0.1) is 0 Å². The van der Waals surface area contributed by atoms with Gasteiger partial charge in [0.1, 0.15) is 0 Å². The van der Waals surface area contributed by atoms with Crippen molar-refractivity contribution in [3.8, 4) is 0 Å². The van der Waals surface area contributed by atoms with Gasteiger partial charge in [-0.25, -0.2) is 0 Å². The van der Waals surface area contributed by atoms with E-state index in [2.05, 4.69) is 13.8 Å². The Bertz CT molecular complexity index is 134. The summed E-state index contributed by atoms with van der Waals surface area (Å²) in [5.74, 6) is 0. The Balaban J connectivity index is 3.10. The van der Waals surface area contributed by atoms with Crippen LogP contribution in [0.5, 0.6) is 0 Å². The first kappa shape index (κ1) is 18.8. The molecule has 0 saturated carbocycles. The topological polar surface area (TPSA) is 23.1 Å². The van der Waals surface area contributed by atoms with Crippen LogP contribution >= 0.6 is 0 Å². The van der Waals surface area contributed by atoms with Gasteiger partial charge >= 0.3 is 123 Å². The van der Waals surface area contributed by atoms with Crippen LogP contribution in [-0.2, 0) is 0 Å². The summed E-state index contributed by atoms with van der Waals surface area (Å²) >= 11 is -2.11. The average Bonchev–Trinajstić information content (AvgIpc) is 2.38. The molecule has 0 atom stereocenters. The molecule has 0 fully saturated rings. The van der Waals surface area contributed by atoms with E-state index in [1.165, 1.54) is 77.0 Å². The molecule has 0 saturated heterocycles. The van der Waals surface area contributed by atoms with Gasteiger partial charge < -0.3 is 0 Å². The molecule has 0 radical (unpaired) electrons. The zero-order chi connectivity index (χ0) is 13.5. The molecular formula is C16H34OSn. The summed E-state index contributed by atoms with van der Waals surface area (Å²) in [6, 6.07) is 0. The summed E-state index contributed by atoms with van der Waals surface area (Å²) in [7, 11) is 0. The first-order valence-electron chi connectivity index (χ1n) is 8.33. The minimum atomic E-state index is -2.11. The van der Waals surface area contributed by atoms with Gasteiger partial charge in [0, 0.05) is 0 Å². The Morgan fingerprint density at radius 3 is 1.28 bits per heavy atom. The molecule has 0 rings (SSSR count). The fourth-order valence-corrected chi connectivity index (χ4v) is 6.72. The Labute approximate surface area is 123 Å². The fraction of sp³-hybridized carbons (Fsp3) is 1.00. The van der Waals surface area contributed by atoms with Crippen molar-refractivity contribution in [1.82, 2.24) is 0 Å². The van der Waals surface area contributed by atoms with Gasteiger partial charge in [-0.15, -0.1) is 0 Å². The molecule has 0 amide bonds. The van der Waals surface area contributed by atoms with Crippen LogP contribution in [0.25, 0.3) is 0 Å². The Morgan fingerprint density at radius 1 is 0.556 bits per heavy atom. The van der Waals surface area contributed by atoms with Crippen molar-refractivity contribution in [1.29, 1.82) is 0 Å². The number of hydrogen-bond acceptors (Lipinski definition) is 1. The van der Waals surface area contributed by atoms with Gasteiger partial charge in [-0.05, 0) is 0 Å². The zero-order valence-corrected chi connectivity index (χ0v) is 15.7. The second kappa shape index (κ2) is 15.8. The molecule has 1 nitrogen and oxygen atoms in total. The fourth-order valence-electron chi connectivity index (χ4n) is 2.33. The summed E-state index contributed by atoms with van der Waals surface area (Å²) in [6.45, 7) is 4.51. The van der Waals surface area contributed by atoms with Crippen molar-refractivity contribution >= 4 is 20.2 Å². The molecule has 0 aromatic heterocycles. The molecule has 0 aromatic carbocycles. The van der Waals surface area contributed by atoms with Gasteiger partial charge in [0.2, 0.25) is 0 Å². The Hall–Kier alpha value is 0.759. The predicted molar refractivity (Wildman–Crippen MR) is 82.1 cm³/mol. The van der Waals surface area contributed by atoms with E-state index < -0.39 is 20.2 Å². The third-order valence-corrected chi connectivity index (χ3v) is 8.82. The van der Waals surface area contributed by atoms with Gasteiger partial charge in [0.15, 0.2) is 0 Å². The number of unbranched alkanes of at least 4 members (excludes halogenated alkanes) is 10. The van der Waals surface area contributed by atoms with Gasteiger partial charge in [-0.3, -0.25) is 0 Å². The van der Waals surface area contributed by atoms with E-state index in [1.807, 2.05) is 0 Å². The normalized spacial score (nSPS) is 10.8. The van der Waals surface area contributed by atoms with Crippen molar-refractivity contribution in [2.45, 2.75) is 99.8 Å². The number of hydrogen-bond donors (Lipinski definition) is 0. The number of rotatable bonds is 14. The van der Waals surface area contributed by atoms with Crippen LogP contribution in [0.1, 0.15) is 90.9 Å². The molecule has 0 unspecified atom stereocenters. The van der Waals surface area contributed by atoms with E-state index in [0.29, 0.717) is 0 Å². The summed E-state index contributed by atoms with van der Waals surface area (Å²) in [6.07, 6.45) is 16.0. The molecule has 0 aliphatic carbocycles. The molecule has 0 N–H and O–H groups in total. The predicted octanol–water partition coefficient (Wildman–Crippen LogP) is 5.06. The van der Waals surface area contributed by atoms with Crippen molar-refractivity contribution in [3.63, 3.8) is 0 Å². The molecule has 0 aliphatic rings. The summed E-state index contributed by atoms with van der Waals surface area (Å²) < 4.78 is 14.1. The van der Waals surface area contributed by atoms with E-state index >= 15 is 0 Å². The molecule has 0 spiro atoms. The minimum absolute atomic E-state index is 1.11. The van der Waals surface area contributed by atoms with E-state index in [9.17, 15) is 3.44 Å². The Morgan fingerprint density at radius 2 is 0.889 bits per heavy atom. The van der Waals surface area contributed by atoms with Crippen LogP contribution in [0.15, 0.2) is 0 Å². The maximum absolute atomic E-state index is 11.9. The van der Waals surface area contributed by atoms with E-state index in [-0.39, 0.29) is 0 Å². The molecule has 0 bridgehead atoms. The molecule has 0 aliphatic heterocycles. The molecule has 0 heterocycles. The summed E-state index contributed by atoms with van der Waals surface area (Å²) in [5, 5.41) is 0. The zero-order valence-electron chi connectivity index (χ0n) is 12.8. The SMILES string of the molecule is CCCCCCC[CH2][Sn+]([O-])[CH2]CCCCCCC. The molecular weight excluding hydrogens is 327 g/mol. The Kier molecular flexibility index (Phi) is 16.5. The first-order valence-corrected chi connectivity index (χ1v) is 13.5. The van der Waals surface area contributed by atoms with E-state index in [0.717, 1.165) is 8.87 Å². The average molecular weight is 361 g/mol.